The van der Waals surface area contributed by atoms with Gasteiger partial charge in [-0.3, -0.25) is 4.99 Å². The average molecular weight is 257 g/mol. The van der Waals surface area contributed by atoms with Crippen LogP contribution < -0.4 is 0 Å². The third-order valence-corrected chi connectivity index (χ3v) is 2.02. The molecule has 0 radical (unpaired) electrons. The molecule has 3 heteroatoms. The zero-order chi connectivity index (χ0) is 11.6. The molecule has 0 aliphatic heterocycles. The van der Waals surface area contributed by atoms with E-state index in [9.17, 15) is 5.11 Å². The van der Waals surface area contributed by atoms with Crippen molar-refractivity contribution in [3.05, 3.63) is 23.3 Å². The molecule has 0 heterocycles. The Hall–Kier alpha value is -0.778. The molecule has 2 nitrogen and oxygen atoms in total. The minimum Gasteiger partial charge on any atom is -0.505 e. The molecule has 1 aromatic carbocycles. The quantitative estimate of drug-likeness (QED) is 0.763. The van der Waals surface area contributed by atoms with E-state index in [-0.39, 0.29) is 28.5 Å². The second-order valence-electron chi connectivity index (χ2n) is 5.07. The van der Waals surface area contributed by atoms with Crippen LogP contribution in [0.4, 0.5) is 5.69 Å². The Morgan fingerprint density at radius 2 is 1.75 bits per heavy atom. The molecule has 0 aliphatic rings. The summed E-state index contributed by atoms with van der Waals surface area (Å²) in [5.74, 6) is 0.279. The molecular weight excluding hydrogens is 238 g/mol. The number of aromatic hydroxyl groups is 1. The molecular formula is C13H19CrNO. The van der Waals surface area contributed by atoms with Crippen LogP contribution in [-0.2, 0) is 17.4 Å². The van der Waals surface area contributed by atoms with Crippen LogP contribution in [0.15, 0.2) is 17.1 Å². The predicted octanol–water partition coefficient (Wildman–Crippen LogP) is 3.75. The molecule has 88 valence electrons. The zero-order valence-electron chi connectivity index (χ0n) is 10.5. The van der Waals surface area contributed by atoms with Crippen LogP contribution >= 0.6 is 0 Å². The smallest absolute Gasteiger partial charge is 0.144 e. The number of hydrogen-bond donors (Lipinski definition) is 1. The van der Waals surface area contributed by atoms with E-state index in [1.165, 1.54) is 0 Å². The first kappa shape index (κ1) is 15.2. The SMILES string of the molecule is Cc1cc(C)c(O)c(N=CC(C)(C)C)c1.[Cr]. The Bertz CT molecular complexity index is 392. The van der Waals surface area contributed by atoms with Crippen LogP contribution in [-0.4, -0.2) is 11.3 Å². The van der Waals surface area contributed by atoms with Crippen LogP contribution in [0.2, 0.25) is 0 Å². The Morgan fingerprint density at radius 1 is 1.19 bits per heavy atom. The molecule has 0 aromatic heterocycles. The Morgan fingerprint density at radius 3 is 2.25 bits per heavy atom. The van der Waals surface area contributed by atoms with Crippen LogP contribution in [0.3, 0.4) is 0 Å². The van der Waals surface area contributed by atoms with Gasteiger partial charge in [0.05, 0.1) is 0 Å². The summed E-state index contributed by atoms with van der Waals surface area (Å²) in [7, 11) is 0. The van der Waals surface area contributed by atoms with Gasteiger partial charge in [-0.05, 0) is 36.5 Å². The summed E-state index contributed by atoms with van der Waals surface area (Å²) in [6.07, 6.45) is 1.86. The van der Waals surface area contributed by atoms with Crippen molar-refractivity contribution in [2.75, 3.05) is 0 Å². The Balaban J connectivity index is 0.00000225. The molecule has 1 N–H and O–H groups in total. The molecule has 0 spiro atoms. The number of aliphatic imine (C=N–C) groups is 1. The number of phenolic OH excluding ortho intramolecular Hbond substituents is 1. The van der Waals surface area contributed by atoms with Gasteiger partial charge in [0.1, 0.15) is 11.4 Å². The molecule has 16 heavy (non-hydrogen) atoms. The van der Waals surface area contributed by atoms with Gasteiger partial charge in [-0.1, -0.05) is 26.8 Å². The van der Waals surface area contributed by atoms with E-state index in [0.29, 0.717) is 5.69 Å². The van der Waals surface area contributed by atoms with Crippen molar-refractivity contribution in [1.29, 1.82) is 0 Å². The topological polar surface area (TPSA) is 32.6 Å². The van der Waals surface area contributed by atoms with E-state index in [1.807, 2.05) is 32.2 Å². The maximum Gasteiger partial charge on any atom is 0.144 e. The first-order valence-corrected chi connectivity index (χ1v) is 5.15. The monoisotopic (exact) mass is 257 g/mol. The van der Waals surface area contributed by atoms with E-state index in [2.05, 4.69) is 25.8 Å². The van der Waals surface area contributed by atoms with Crippen molar-refractivity contribution in [1.82, 2.24) is 0 Å². The molecule has 0 fully saturated rings. The van der Waals surface area contributed by atoms with Gasteiger partial charge in [0.25, 0.3) is 0 Å². The van der Waals surface area contributed by atoms with Crippen LogP contribution in [0.1, 0.15) is 31.9 Å². The maximum atomic E-state index is 9.81. The van der Waals surface area contributed by atoms with E-state index < -0.39 is 0 Å². The second-order valence-corrected chi connectivity index (χ2v) is 5.07. The number of benzene rings is 1. The number of aryl methyl sites for hydroxylation is 2. The van der Waals surface area contributed by atoms with E-state index in [0.717, 1.165) is 11.1 Å². The van der Waals surface area contributed by atoms with Crippen LogP contribution in [0.5, 0.6) is 5.75 Å². The summed E-state index contributed by atoms with van der Waals surface area (Å²) < 4.78 is 0. The first-order chi connectivity index (χ1) is 6.79. The molecule has 0 aliphatic carbocycles. The molecule has 0 saturated heterocycles. The molecule has 1 rings (SSSR count). The summed E-state index contributed by atoms with van der Waals surface area (Å²) in [6, 6.07) is 3.84. The largest absolute Gasteiger partial charge is 0.505 e. The predicted molar refractivity (Wildman–Crippen MR) is 65.2 cm³/mol. The van der Waals surface area contributed by atoms with Crippen molar-refractivity contribution in [2.45, 2.75) is 34.6 Å². The van der Waals surface area contributed by atoms with Gasteiger partial charge in [0.15, 0.2) is 0 Å². The van der Waals surface area contributed by atoms with E-state index in [4.69, 9.17) is 0 Å². The Kier molecular flexibility index (Phi) is 5.25. The maximum absolute atomic E-state index is 9.81. The van der Waals surface area contributed by atoms with Crippen molar-refractivity contribution >= 4 is 11.9 Å². The van der Waals surface area contributed by atoms with E-state index in [1.54, 1.807) is 0 Å². The van der Waals surface area contributed by atoms with Crippen molar-refractivity contribution in [3.8, 4) is 5.75 Å². The second kappa shape index (κ2) is 5.52. The third-order valence-electron chi connectivity index (χ3n) is 2.02. The summed E-state index contributed by atoms with van der Waals surface area (Å²) in [5.41, 5.74) is 2.68. The fourth-order valence-electron chi connectivity index (χ4n) is 1.30. The molecule has 0 bridgehead atoms. The number of nitrogens with zero attached hydrogens (tertiary/aromatic N) is 1. The number of phenols is 1. The number of rotatable bonds is 1. The first-order valence-electron chi connectivity index (χ1n) is 5.15. The van der Waals surface area contributed by atoms with Crippen LogP contribution in [0, 0.1) is 19.3 Å². The van der Waals surface area contributed by atoms with Crippen LogP contribution in [0.25, 0.3) is 0 Å². The van der Waals surface area contributed by atoms with E-state index >= 15 is 0 Å². The fourth-order valence-corrected chi connectivity index (χ4v) is 1.30. The summed E-state index contributed by atoms with van der Waals surface area (Å²) >= 11 is 0. The Labute approximate surface area is 109 Å². The molecule has 0 saturated carbocycles. The summed E-state index contributed by atoms with van der Waals surface area (Å²) in [5, 5.41) is 9.81. The van der Waals surface area contributed by atoms with Gasteiger partial charge >= 0.3 is 0 Å². The van der Waals surface area contributed by atoms with Gasteiger partial charge in [-0.25, -0.2) is 0 Å². The van der Waals surface area contributed by atoms with Crippen molar-refractivity contribution in [3.63, 3.8) is 0 Å². The molecule has 0 atom stereocenters. The minimum atomic E-state index is 0. The summed E-state index contributed by atoms with van der Waals surface area (Å²) in [6.45, 7) is 10.1. The van der Waals surface area contributed by atoms with Gasteiger partial charge in [-0.2, -0.15) is 0 Å². The standard InChI is InChI=1S/C13H19NO.Cr/c1-9-6-10(2)12(15)11(7-9)14-8-13(3,4)5;/h6-8,15H,1-5H3;. The fraction of sp³-hybridized carbons (Fsp3) is 0.462. The minimum absolute atomic E-state index is 0. The average Bonchev–Trinajstić information content (AvgIpc) is 2.07. The normalized spacial score (nSPS) is 11.6. The molecule has 1 aromatic rings. The van der Waals surface area contributed by atoms with Gasteiger partial charge in [-0.15, -0.1) is 0 Å². The van der Waals surface area contributed by atoms with Crippen molar-refractivity contribution in [2.24, 2.45) is 10.4 Å². The zero-order valence-corrected chi connectivity index (χ0v) is 11.8. The van der Waals surface area contributed by atoms with Gasteiger partial charge in [0.2, 0.25) is 0 Å². The third kappa shape index (κ3) is 4.39. The molecule has 0 amide bonds. The van der Waals surface area contributed by atoms with Crippen molar-refractivity contribution < 1.29 is 22.5 Å². The van der Waals surface area contributed by atoms with Gasteiger partial charge in [0, 0.05) is 23.6 Å². The summed E-state index contributed by atoms with van der Waals surface area (Å²) in [4.78, 5) is 4.32. The molecule has 0 unspecified atom stereocenters. The number of hydrogen-bond acceptors (Lipinski definition) is 2. The van der Waals surface area contributed by atoms with Gasteiger partial charge < -0.3 is 5.11 Å².